The molecule has 0 radical (unpaired) electrons. The van der Waals surface area contributed by atoms with Crippen molar-refractivity contribution in [2.75, 3.05) is 6.61 Å². The quantitative estimate of drug-likeness (QED) is 0.779. The lowest BCUT2D eigenvalue weighted by molar-refractivity contribution is -0.139. The molecule has 1 aliphatic rings. The topological polar surface area (TPSA) is 64.2 Å². The van der Waals surface area contributed by atoms with E-state index in [1.165, 1.54) is 0 Å². The molecule has 1 unspecified atom stereocenters. The van der Waals surface area contributed by atoms with Crippen molar-refractivity contribution in [1.29, 1.82) is 5.26 Å². The average molecular weight is 348 g/mol. The zero-order valence-corrected chi connectivity index (χ0v) is 15.0. The Morgan fingerprint density at radius 2 is 2.00 bits per heavy atom. The highest BCUT2D eigenvalue weighted by Crippen LogP contribution is 2.42. The molecule has 0 saturated heterocycles. The highest BCUT2D eigenvalue weighted by atomic mass is 16.5. The molecule has 26 heavy (non-hydrogen) atoms. The second kappa shape index (κ2) is 7.32. The van der Waals surface area contributed by atoms with Crippen molar-refractivity contribution in [2.45, 2.75) is 26.7 Å². The fourth-order valence-electron chi connectivity index (χ4n) is 3.15. The maximum Gasteiger partial charge on any atom is 0.338 e. The van der Waals surface area contributed by atoms with Crippen LogP contribution in [0.4, 0.5) is 0 Å². The lowest BCUT2D eigenvalue weighted by atomic mass is 9.82. The molecule has 0 aliphatic carbocycles. The van der Waals surface area contributed by atoms with Gasteiger partial charge in [-0.15, -0.1) is 0 Å². The van der Waals surface area contributed by atoms with E-state index in [0.29, 0.717) is 22.8 Å². The summed E-state index contributed by atoms with van der Waals surface area (Å²) in [5, 5.41) is 9.90. The number of nitrogens with zero attached hydrogens (tertiary/aromatic N) is 2. The minimum absolute atomic E-state index is 0.256. The van der Waals surface area contributed by atoms with Crippen LogP contribution in [-0.4, -0.2) is 17.1 Å². The smallest absolute Gasteiger partial charge is 0.338 e. The fraction of sp³-hybridized carbons (Fsp3) is 0.238. The SMILES string of the molecule is CCOC(=O)C1=C(C)OC(n2cccc2)=C(C#N)C1c1cccc(C)c1. The van der Waals surface area contributed by atoms with Gasteiger partial charge in [-0.05, 0) is 38.5 Å². The first kappa shape index (κ1) is 17.6. The minimum Gasteiger partial charge on any atom is -0.463 e. The second-order valence-corrected chi connectivity index (χ2v) is 6.06. The van der Waals surface area contributed by atoms with Gasteiger partial charge in [0.05, 0.1) is 18.1 Å². The number of hydrogen-bond acceptors (Lipinski definition) is 4. The van der Waals surface area contributed by atoms with Gasteiger partial charge >= 0.3 is 5.97 Å². The summed E-state index contributed by atoms with van der Waals surface area (Å²) in [7, 11) is 0. The van der Waals surface area contributed by atoms with Crippen molar-refractivity contribution in [3.63, 3.8) is 0 Å². The Morgan fingerprint density at radius 1 is 1.27 bits per heavy atom. The molecule has 1 aromatic heterocycles. The molecule has 0 spiro atoms. The second-order valence-electron chi connectivity index (χ2n) is 6.06. The molecule has 0 saturated carbocycles. The Bertz CT molecular complexity index is 930. The Morgan fingerprint density at radius 3 is 2.62 bits per heavy atom. The lowest BCUT2D eigenvalue weighted by Crippen LogP contribution is -2.24. The number of hydrogen-bond donors (Lipinski definition) is 0. The Labute approximate surface area is 152 Å². The van der Waals surface area contributed by atoms with Gasteiger partial charge in [-0.1, -0.05) is 29.8 Å². The molecule has 132 valence electrons. The monoisotopic (exact) mass is 348 g/mol. The zero-order valence-electron chi connectivity index (χ0n) is 15.0. The summed E-state index contributed by atoms with van der Waals surface area (Å²) in [4.78, 5) is 12.6. The van der Waals surface area contributed by atoms with Crippen LogP contribution in [0.25, 0.3) is 5.88 Å². The van der Waals surface area contributed by atoms with Crippen LogP contribution in [0.1, 0.15) is 30.9 Å². The standard InChI is InChI=1S/C21H20N2O3/c1-4-25-21(24)18-15(3)26-20(23-10-5-6-11-23)17(13-22)19(18)16-9-7-8-14(2)12-16/h5-12,19H,4H2,1-3H3. The predicted molar refractivity (Wildman–Crippen MR) is 97.6 cm³/mol. The van der Waals surface area contributed by atoms with E-state index >= 15 is 0 Å². The van der Waals surface area contributed by atoms with Gasteiger partial charge in [0.25, 0.3) is 0 Å². The van der Waals surface area contributed by atoms with Gasteiger partial charge < -0.3 is 9.47 Å². The van der Waals surface area contributed by atoms with Gasteiger partial charge in [-0.2, -0.15) is 5.26 Å². The van der Waals surface area contributed by atoms with Gasteiger partial charge in [0.2, 0.25) is 5.88 Å². The van der Waals surface area contributed by atoms with Crippen molar-refractivity contribution in [3.05, 3.63) is 76.8 Å². The van der Waals surface area contributed by atoms with Crippen LogP contribution >= 0.6 is 0 Å². The van der Waals surface area contributed by atoms with Gasteiger partial charge in [0.1, 0.15) is 17.4 Å². The Kier molecular flexibility index (Phi) is 4.94. The number of rotatable bonds is 4. The molecule has 1 aliphatic heterocycles. The average Bonchev–Trinajstić information content (AvgIpc) is 3.15. The molecule has 0 bridgehead atoms. The molecule has 0 fully saturated rings. The fourth-order valence-corrected chi connectivity index (χ4v) is 3.15. The van der Waals surface area contributed by atoms with E-state index < -0.39 is 11.9 Å². The third kappa shape index (κ3) is 3.14. The number of ether oxygens (including phenoxy) is 2. The van der Waals surface area contributed by atoms with E-state index in [9.17, 15) is 10.1 Å². The normalized spacial score (nSPS) is 16.9. The van der Waals surface area contributed by atoms with Crippen LogP contribution in [0.5, 0.6) is 0 Å². The lowest BCUT2D eigenvalue weighted by Gasteiger charge is -2.28. The van der Waals surface area contributed by atoms with E-state index in [-0.39, 0.29) is 6.61 Å². The summed E-state index contributed by atoms with van der Waals surface area (Å²) in [6.45, 7) is 5.72. The largest absolute Gasteiger partial charge is 0.463 e. The molecule has 3 rings (SSSR count). The zero-order chi connectivity index (χ0) is 18.7. The highest BCUT2D eigenvalue weighted by molar-refractivity contribution is 5.93. The van der Waals surface area contributed by atoms with E-state index in [1.807, 2.05) is 55.7 Å². The maximum atomic E-state index is 12.6. The Hall–Kier alpha value is -3.26. The predicted octanol–water partition coefficient (Wildman–Crippen LogP) is 4.14. The van der Waals surface area contributed by atoms with E-state index in [2.05, 4.69) is 6.07 Å². The molecule has 5 heteroatoms. The molecule has 0 amide bonds. The number of allylic oxidation sites excluding steroid dienone is 2. The molecule has 1 aromatic carbocycles. The van der Waals surface area contributed by atoms with E-state index in [1.54, 1.807) is 18.4 Å². The molecule has 1 atom stereocenters. The summed E-state index contributed by atoms with van der Waals surface area (Å²) < 4.78 is 12.9. The number of nitriles is 1. The van der Waals surface area contributed by atoms with Crippen LogP contribution in [0.3, 0.4) is 0 Å². The van der Waals surface area contributed by atoms with Crippen molar-refractivity contribution in [3.8, 4) is 6.07 Å². The summed E-state index contributed by atoms with van der Waals surface area (Å²) >= 11 is 0. The molecule has 2 heterocycles. The van der Waals surface area contributed by atoms with Crippen LogP contribution in [0, 0.1) is 18.3 Å². The number of carbonyl (C=O) groups excluding carboxylic acids is 1. The van der Waals surface area contributed by atoms with E-state index in [0.717, 1.165) is 11.1 Å². The third-order valence-corrected chi connectivity index (χ3v) is 4.27. The number of esters is 1. The first-order chi connectivity index (χ1) is 12.6. The van der Waals surface area contributed by atoms with Gasteiger partial charge in [-0.3, -0.25) is 4.57 Å². The highest BCUT2D eigenvalue weighted by Gasteiger charge is 2.37. The molecule has 2 aromatic rings. The summed E-state index contributed by atoms with van der Waals surface area (Å²) in [6, 6.07) is 13.8. The van der Waals surface area contributed by atoms with Gasteiger partial charge in [-0.25, -0.2) is 4.79 Å². The summed E-state index contributed by atoms with van der Waals surface area (Å²) in [5.74, 6) is -0.145. The molecular weight excluding hydrogens is 328 g/mol. The van der Waals surface area contributed by atoms with Crippen LogP contribution in [0.2, 0.25) is 0 Å². The molecular formula is C21H20N2O3. The van der Waals surface area contributed by atoms with Gasteiger partial charge in [0, 0.05) is 12.4 Å². The minimum atomic E-state index is -0.537. The first-order valence-electron chi connectivity index (χ1n) is 8.46. The van der Waals surface area contributed by atoms with Crippen molar-refractivity contribution in [2.24, 2.45) is 0 Å². The number of carbonyl (C=O) groups is 1. The molecule has 5 nitrogen and oxygen atoms in total. The first-order valence-corrected chi connectivity index (χ1v) is 8.46. The summed E-state index contributed by atoms with van der Waals surface area (Å²) in [5.41, 5.74) is 2.65. The van der Waals surface area contributed by atoms with Crippen LogP contribution in [-0.2, 0) is 14.3 Å². The van der Waals surface area contributed by atoms with Gasteiger partial charge in [0.15, 0.2) is 0 Å². The van der Waals surface area contributed by atoms with E-state index in [4.69, 9.17) is 9.47 Å². The van der Waals surface area contributed by atoms with Crippen molar-refractivity contribution < 1.29 is 14.3 Å². The Balaban J connectivity index is 2.23. The number of benzene rings is 1. The number of aromatic nitrogens is 1. The maximum absolute atomic E-state index is 12.6. The van der Waals surface area contributed by atoms with Crippen molar-refractivity contribution in [1.82, 2.24) is 4.57 Å². The van der Waals surface area contributed by atoms with Crippen LogP contribution < -0.4 is 0 Å². The summed E-state index contributed by atoms with van der Waals surface area (Å²) in [6.07, 6.45) is 3.62. The third-order valence-electron chi connectivity index (χ3n) is 4.27. The van der Waals surface area contributed by atoms with Crippen molar-refractivity contribution >= 4 is 11.9 Å². The van der Waals surface area contributed by atoms with Crippen LogP contribution in [0.15, 0.2) is 65.7 Å². The molecule has 0 N–H and O–H groups in total. The number of aryl methyl sites for hydroxylation is 1.